The molecular formula is C60H42N2. The first-order valence-corrected chi connectivity index (χ1v) is 21.3. The molecule has 0 saturated heterocycles. The molecule has 0 unspecified atom stereocenters. The van der Waals surface area contributed by atoms with Gasteiger partial charge >= 0.3 is 0 Å². The molecule has 62 heavy (non-hydrogen) atoms. The zero-order chi connectivity index (χ0) is 41.2. The zero-order valence-corrected chi connectivity index (χ0v) is 34.1. The van der Waals surface area contributed by atoms with Gasteiger partial charge in [-0.25, -0.2) is 0 Å². The number of aromatic nitrogens is 1. The molecule has 1 heterocycles. The summed E-state index contributed by atoms with van der Waals surface area (Å²) in [5.74, 6) is 0. The van der Waals surface area contributed by atoms with Crippen LogP contribution in [0.4, 0.5) is 17.1 Å². The van der Waals surface area contributed by atoms with Crippen molar-refractivity contribution >= 4 is 38.9 Å². The van der Waals surface area contributed by atoms with E-state index in [4.69, 9.17) is 0 Å². The first-order chi connectivity index (χ1) is 30.7. The number of fused-ring (bicyclic) bond motifs is 3. The highest BCUT2D eigenvalue weighted by Crippen LogP contribution is 2.45. The van der Waals surface area contributed by atoms with Crippen LogP contribution in [0.1, 0.15) is 0 Å². The SMILES string of the molecule is c1ccc(-c2ccc(-c3ccc(N(c4ccc(-c5ccccc5)cc4)c4cccc5c4c4ccc(-c6ccc(-c7ccccc7)cc6)cc4n5-c4ccccc4)cc3)cc2)cc1. The van der Waals surface area contributed by atoms with Crippen LogP contribution < -0.4 is 4.90 Å². The second-order valence-corrected chi connectivity index (χ2v) is 15.8. The van der Waals surface area contributed by atoms with Gasteiger partial charge in [-0.05, 0) is 110 Å². The minimum atomic E-state index is 1.09. The molecule has 0 amide bonds. The van der Waals surface area contributed by atoms with Gasteiger partial charge in [0.1, 0.15) is 0 Å². The zero-order valence-electron chi connectivity index (χ0n) is 34.1. The molecule has 0 spiro atoms. The Morgan fingerprint density at radius 1 is 0.258 bits per heavy atom. The molecule has 0 aliphatic heterocycles. The van der Waals surface area contributed by atoms with Gasteiger partial charge in [0.2, 0.25) is 0 Å². The standard InChI is InChI=1S/C60H42N2/c1-5-14-43(15-6-1)46-24-26-48(27-25-46)50-34-39-55(40-35-50)61(54-37-32-49(33-38-54)45-18-9-3-10-19-45)57-22-13-23-58-60(57)56-41-36-52(42-59(56)62(58)53-20-11-4-12-21-53)51-30-28-47(29-31-51)44-16-7-2-8-17-44/h1-42H. The van der Waals surface area contributed by atoms with Crippen LogP contribution >= 0.6 is 0 Å². The molecule has 0 aliphatic carbocycles. The Balaban J connectivity index is 1.06. The first kappa shape index (κ1) is 36.8. The Hall–Kier alpha value is -8.20. The lowest BCUT2D eigenvalue weighted by Crippen LogP contribution is -2.10. The van der Waals surface area contributed by atoms with Crippen molar-refractivity contribution in [3.63, 3.8) is 0 Å². The molecular weight excluding hydrogens is 749 g/mol. The highest BCUT2D eigenvalue weighted by molar-refractivity contribution is 6.17. The fraction of sp³-hybridized carbons (Fsp3) is 0. The summed E-state index contributed by atoms with van der Waals surface area (Å²) >= 11 is 0. The van der Waals surface area contributed by atoms with E-state index in [1.165, 1.54) is 66.4 Å². The van der Waals surface area contributed by atoms with Gasteiger partial charge in [0.25, 0.3) is 0 Å². The van der Waals surface area contributed by atoms with Gasteiger partial charge in [0, 0.05) is 27.8 Å². The molecule has 1 aromatic heterocycles. The summed E-state index contributed by atoms with van der Waals surface area (Å²) in [4.78, 5) is 2.42. The summed E-state index contributed by atoms with van der Waals surface area (Å²) in [6.07, 6.45) is 0. The van der Waals surface area contributed by atoms with Crippen molar-refractivity contribution in [1.29, 1.82) is 0 Å². The van der Waals surface area contributed by atoms with Crippen LogP contribution in [0.5, 0.6) is 0 Å². The van der Waals surface area contributed by atoms with Crippen molar-refractivity contribution in [3.05, 3.63) is 255 Å². The minimum absolute atomic E-state index is 1.09. The molecule has 0 aliphatic rings. The maximum absolute atomic E-state index is 2.43. The lowest BCUT2D eigenvalue weighted by atomic mass is 9.99. The average Bonchev–Trinajstić information content (AvgIpc) is 3.70. The molecule has 2 nitrogen and oxygen atoms in total. The van der Waals surface area contributed by atoms with Crippen molar-refractivity contribution in [3.8, 4) is 61.3 Å². The molecule has 2 heteroatoms. The molecule has 11 rings (SSSR count). The van der Waals surface area contributed by atoms with Gasteiger partial charge in [0.05, 0.1) is 16.7 Å². The molecule has 10 aromatic carbocycles. The fourth-order valence-electron chi connectivity index (χ4n) is 8.90. The molecule has 11 aromatic rings. The van der Waals surface area contributed by atoms with Crippen LogP contribution in [-0.4, -0.2) is 4.57 Å². The summed E-state index contributed by atoms with van der Waals surface area (Å²) in [6.45, 7) is 0. The summed E-state index contributed by atoms with van der Waals surface area (Å²) < 4.78 is 2.43. The fourth-order valence-corrected chi connectivity index (χ4v) is 8.90. The second-order valence-electron chi connectivity index (χ2n) is 15.8. The molecule has 0 saturated carbocycles. The van der Waals surface area contributed by atoms with Crippen molar-refractivity contribution in [1.82, 2.24) is 4.57 Å². The topological polar surface area (TPSA) is 8.17 Å². The van der Waals surface area contributed by atoms with E-state index in [1.807, 2.05) is 0 Å². The van der Waals surface area contributed by atoms with Crippen molar-refractivity contribution in [2.24, 2.45) is 0 Å². The highest BCUT2D eigenvalue weighted by atomic mass is 15.1. The van der Waals surface area contributed by atoms with Crippen LogP contribution in [0.3, 0.4) is 0 Å². The van der Waals surface area contributed by atoms with Gasteiger partial charge in [-0.15, -0.1) is 0 Å². The van der Waals surface area contributed by atoms with Gasteiger partial charge in [-0.3, -0.25) is 0 Å². The van der Waals surface area contributed by atoms with E-state index in [2.05, 4.69) is 264 Å². The van der Waals surface area contributed by atoms with E-state index in [9.17, 15) is 0 Å². The molecule has 292 valence electrons. The van der Waals surface area contributed by atoms with E-state index in [-0.39, 0.29) is 0 Å². The second kappa shape index (κ2) is 16.1. The van der Waals surface area contributed by atoms with E-state index in [1.54, 1.807) is 0 Å². The van der Waals surface area contributed by atoms with Crippen LogP contribution in [0.2, 0.25) is 0 Å². The Bertz CT molecular complexity index is 3260. The van der Waals surface area contributed by atoms with E-state index in [0.717, 1.165) is 33.8 Å². The summed E-state index contributed by atoms with van der Waals surface area (Å²) in [6, 6.07) is 92.0. The maximum Gasteiger partial charge on any atom is 0.0562 e. The van der Waals surface area contributed by atoms with Gasteiger partial charge in [-0.2, -0.15) is 0 Å². The van der Waals surface area contributed by atoms with Crippen LogP contribution in [0.15, 0.2) is 255 Å². The Labute approximate surface area is 362 Å². The lowest BCUT2D eigenvalue weighted by molar-refractivity contribution is 1.18. The molecule has 0 radical (unpaired) electrons. The van der Waals surface area contributed by atoms with Crippen molar-refractivity contribution in [2.75, 3.05) is 4.90 Å². The van der Waals surface area contributed by atoms with Gasteiger partial charge in [-0.1, -0.05) is 200 Å². The number of nitrogens with zero attached hydrogens (tertiary/aromatic N) is 2. The number of anilines is 3. The smallest absolute Gasteiger partial charge is 0.0562 e. The summed E-state index contributed by atoms with van der Waals surface area (Å²) in [7, 11) is 0. The molecule has 0 bridgehead atoms. The van der Waals surface area contributed by atoms with Gasteiger partial charge in [0.15, 0.2) is 0 Å². The Kier molecular flexibility index (Phi) is 9.57. The number of hydrogen-bond acceptors (Lipinski definition) is 1. The number of hydrogen-bond donors (Lipinski definition) is 0. The van der Waals surface area contributed by atoms with Gasteiger partial charge < -0.3 is 9.47 Å². The third-order valence-electron chi connectivity index (χ3n) is 12.0. The highest BCUT2D eigenvalue weighted by Gasteiger charge is 2.22. The average molecular weight is 791 g/mol. The predicted octanol–water partition coefficient (Wildman–Crippen LogP) is 16.6. The number of para-hydroxylation sites is 1. The van der Waals surface area contributed by atoms with Crippen molar-refractivity contribution in [2.45, 2.75) is 0 Å². The molecule has 0 N–H and O–H groups in total. The van der Waals surface area contributed by atoms with E-state index < -0.39 is 0 Å². The van der Waals surface area contributed by atoms with Crippen LogP contribution in [-0.2, 0) is 0 Å². The predicted molar refractivity (Wildman–Crippen MR) is 263 cm³/mol. The summed E-state index contributed by atoms with van der Waals surface area (Å²) in [5, 5.41) is 2.40. The minimum Gasteiger partial charge on any atom is -0.310 e. The third kappa shape index (κ3) is 6.94. The first-order valence-electron chi connectivity index (χ1n) is 21.3. The maximum atomic E-state index is 2.43. The normalized spacial score (nSPS) is 11.2. The molecule has 0 fully saturated rings. The van der Waals surface area contributed by atoms with E-state index in [0.29, 0.717) is 0 Å². The Morgan fingerprint density at radius 3 is 1.05 bits per heavy atom. The quantitative estimate of drug-likeness (QED) is 0.141. The lowest BCUT2D eigenvalue weighted by Gasteiger charge is -2.27. The number of rotatable bonds is 9. The molecule has 0 atom stereocenters. The van der Waals surface area contributed by atoms with Crippen LogP contribution in [0.25, 0.3) is 83.1 Å². The third-order valence-corrected chi connectivity index (χ3v) is 12.0. The van der Waals surface area contributed by atoms with Crippen molar-refractivity contribution < 1.29 is 0 Å². The number of benzene rings is 10. The van der Waals surface area contributed by atoms with Crippen LogP contribution in [0, 0.1) is 0 Å². The largest absolute Gasteiger partial charge is 0.310 e. The van der Waals surface area contributed by atoms with E-state index >= 15 is 0 Å². The monoisotopic (exact) mass is 790 g/mol. The summed E-state index contributed by atoms with van der Waals surface area (Å²) in [5.41, 5.74) is 18.7. The Morgan fingerprint density at radius 2 is 0.613 bits per heavy atom.